The van der Waals surface area contributed by atoms with Crippen molar-refractivity contribution in [3.05, 3.63) is 84.3 Å². The van der Waals surface area contributed by atoms with Crippen molar-refractivity contribution in [2.75, 3.05) is 13.1 Å². The Morgan fingerprint density at radius 3 is 2.67 bits per heavy atom. The fourth-order valence-electron chi connectivity index (χ4n) is 3.56. The van der Waals surface area contributed by atoms with Crippen molar-refractivity contribution in [3.63, 3.8) is 0 Å². The number of aromatic nitrogens is 2. The average Bonchev–Trinajstić information content (AvgIpc) is 2.75. The maximum absolute atomic E-state index is 6.12. The van der Waals surface area contributed by atoms with Gasteiger partial charge in [-0.3, -0.25) is 14.9 Å². The van der Waals surface area contributed by atoms with E-state index in [1.807, 2.05) is 36.7 Å². The van der Waals surface area contributed by atoms with Gasteiger partial charge in [0.05, 0.1) is 18.4 Å². The van der Waals surface area contributed by atoms with Crippen molar-refractivity contribution < 1.29 is 4.74 Å². The Bertz CT molecular complexity index is 821. The van der Waals surface area contributed by atoms with Gasteiger partial charge in [0.25, 0.3) is 0 Å². The molecule has 0 spiro atoms. The summed E-state index contributed by atoms with van der Waals surface area (Å²) in [5.41, 5.74) is 4.66. The van der Waals surface area contributed by atoms with Crippen molar-refractivity contribution in [2.45, 2.75) is 32.1 Å². The van der Waals surface area contributed by atoms with Gasteiger partial charge in [0.2, 0.25) is 0 Å². The summed E-state index contributed by atoms with van der Waals surface area (Å²) >= 11 is 0. The maximum atomic E-state index is 6.12. The topological polar surface area (TPSA) is 38.2 Å². The summed E-state index contributed by atoms with van der Waals surface area (Å²) in [6, 6.07) is 18.8. The largest absolute Gasteiger partial charge is 0.372 e. The summed E-state index contributed by atoms with van der Waals surface area (Å²) < 4.78 is 6.12. The van der Waals surface area contributed by atoms with Gasteiger partial charge >= 0.3 is 0 Å². The lowest BCUT2D eigenvalue weighted by Gasteiger charge is -2.32. The van der Waals surface area contributed by atoms with Crippen LogP contribution in [0.25, 0.3) is 11.3 Å². The Balaban J connectivity index is 1.31. The second-order valence-corrected chi connectivity index (χ2v) is 7.08. The van der Waals surface area contributed by atoms with Gasteiger partial charge in [-0.1, -0.05) is 36.4 Å². The van der Waals surface area contributed by atoms with E-state index in [2.05, 4.69) is 45.2 Å². The van der Waals surface area contributed by atoms with Crippen LogP contribution in [0.5, 0.6) is 0 Å². The third-order valence-corrected chi connectivity index (χ3v) is 4.99. The zero-order valence-corrected chi connectivity index (χ0v) is 15.5. The summed E-state index contributed by atoms with van der Waals surface area (Å²) in [5.74, 6) is 0. The van der Waals surface area contributed by atoms with Crippen molar-refractivity contribution in [2.24, 2.45) is 0 Å². The molecule has 0 amide bonds. The lowest BCUT2D eigenvalue weighted by atomic mass is 10.1. The van der Waals surface area contributed by atoms with Crippen LogP contribution < -0.4 is 0 Å². The molecule has 27 heavy (non-hydrogen) atoms. The summed E-state index contributed by atoms with van der Waals surface area (Å²) in [5, 5.41) is 0. The van der Waals surface area contributed by atoms with Gasteiger partial charge in [0.15, 0.2) is 0 Å². The highest BCUT2D eigenvalue weighted by Gasteiger charge is 2.20. The number of hydrogen-bond donors (Lipinski definition) is 0. The van der Waals surface area contributed by atoms with Crippen LogP contribution in [0.3, 0.4) is 0 Å². The number of pyridine rings is 2. The molecule has 3 aromatic rings. The molecule has 1 unspecified atom stereocenters. The summed E-state index contributed by atoms with van der Waals surface area (Å²) in [4.78, 5) is 11.1. The highest BCUT2D eigenvalue weighted by atomic mass is 16.5. The first-order valence-corrected chi connectivity index (χ1v) is 9.60. The van der Waals surface area contributed by atoms with E-state index in [4.69, 9.17) is 4.74 Å². The molecule has 1 fully saturated rings. The van der Waals surface area contributed by atoms with Gasteiger partial charge in [0, 0.05) is 37.2 Å². The molecule has 0 N–H and O–H groups in total. The van der Waals surface area contributed by atoms with Crippen LogP contribution in [0.1, 0.15) is 24.0 Å². The number of ether oxygens (including phenoxy) is 1. The molecule has 0 aliphatic carbocycles. The van der Waals surface area contributed by atoms with Crippen LogP contribution in [0.15, 0.2) is 73.2 Å². The standard InChI is InChI=1S/C23H25N3O/c1-2-13-25-23(7-1)21-10-8-19(9-11-21)16-26-14-4-6-22(17-26)27-18-20-5-3-12-24-15-20/h1-3,5,7-13,15,22H,4,6,14,16-18H2. The summed E-state index contributed by atoms with van der Waals surface area (Å²) in [6.45, 7) is 3.73. The number of likely N-dealkylation sites (tertiary alicyclic amines) is 1. The minimum atomic E-state index is 0.298. The van der Waals surface area contributed by atoms with E-state index in [0.29, 0.717) is 12.7 Å². The van der Waals surface area contributed by atoms with Crippen molar-refractivity contribution in [3.8, 4) is 11.3 Å². The number of nitrogens with zero attached hydrogens (tertiary/aromatic N) is 3. The van der Waals surface area contributed by atoms with Gasteiger partial charge < -0.3 is 4.74 Å². The number of piperidine rings is 1. The predicted octanol–water partition coefficient (Wildman–Crippen LogP) is 4.32. The smallest absolute Gasteiger partial charge is 0.0736 e. The molecule has 3 heterocycles. The molecule has 0 radical (unpaired) electrons. The van der Waals surface area contributed by atoms with Crippen LogP contribution >= 0.6 is 0 Å². The average molecular weight is 359 g/mol. The Kier molecular flexibility index (Phi) is 5.87. The second kappa shape index (κ2) is 8.89. The van der Waals surface area contributed by atoms with Crippen LogP contribution in [-0.4, -0.2) is 34.1 Å². The van der Waals surface area contributed by atoms with Crippen molar-refractivity contribution >= 4 is 0 Å². The van der Waals surface area contributed by atoms with Gasteiger partial charge in [-0.25, -0.2) is 0 Å². The van der Waals surface area contributed by atoms with Gasteiger partial charge in [-0.15, -0.1) is 0 Å². The van der Waals surface area contributed by atoms with Crippen LogP contribution in [-0.2, 0) is 17.9 Å². The molecule has 4 rings (SSSR count). The van der Waals surface area contributed by atoms with E-state index in [1.54, 1.807) is 6.20 Å². The Labute approximate surface area is 160 Å². The quantitative estimate of drug-likeness (QED) is 0.657. The van der Waals surface area contributed by atoms with Crippen LogP contribution in [0.4, 0.5) is 0 Å². The van der Waals surface area contributed by atoms with Gasteiger partial charge in [0.1, 0.15) is 0 Å². The third-order valence-electron chi connectivity index (χ3n) is 4.99. The molecule has 4 heteroatoms. The normalized spacial score (nSPS) is 17.7. The first-order valence-electron chi connectivity index (χ1n) is 9.60. The molecule has 4 nitrogen and oxygen atoms in total. The SMILES string of the molecule is c1ccc(-c2ccc(CN3CCCC(OCc4cccnc4)C3)cc2)nc1. The lowest BCUT2D eigenvalue weighted by molar-refractivity contribution is -0.0121. The molecular weight excluding hydrogens is 334 g/mol. The summed E-state index contributed by atoms with van der Waals surface area (Å²) in [7, 11) is 0. The van der Waals surface area contributed by atoms with E-state index in [0.717, 1.165) is 42.9 Å². The van der Waals surface area contributed by atoms with E-state index in [-0.39, 0.29) is 0 Å². The third kappa shape index (κ3) is 5.00. The lowest BCUT2D eigenvalue weighted by Crippen LogP contribution is -2.39. The first kappa shape index (κ1) is 17.8. The molecule has 1 aromatic carbocycles. The first-order chi connectivity index (χ1) is 13.4. The Morgan fingerprint density at radius 2 is 1.89 bits per heavy atom. The maximum Gasteiger partial charge on any atom is 0.0736 e. The zero-order valence-electron chi connectivity index (χ0n) is 15.5. The predicted molar refractivity (Wildman–Crippen MR) is 107 cm³/mol. The van der Waals surface area contributed by atoms with Crippen molar-refractivity contribution in [1.82, 2.24) is 14.9 Å². The second-order valence-electron chi connectivity index (χ2n) is 7.08. The molecular formula is C23H25N3O. The summed E-state index contributed by atoms with van der Waals surface area (Å²) in [6.07, 6.45) is 8.13. The van der Waals surface area contributed by atoms with E-state index in [1.165, 1.54) is 12.0 Å². The molecule has 1 aliphatic rings. The highest BCUT2D eigenvalue weighted by molar-refractivity contribution is 5.58. The number of rotatable bonds is 6. The number of benzene rings is 1. The zero-order chi connectivity index (χ0) is 18.3. The molecule has 1 aliphatic heterocycles. The monoisotopic (exact) mass is 359 g/mol. The molecule has 1 saturated heterocycles. The van der Waals surface area contributed by atoms with Crippen molar-refractivity contribution in [1.29, 1.82) is 0 Å². The Hall–Kier alpha value is -2.56. The fourth-order valence-corrected chi connectivity index (χ4v) is 3.56. The van der Waals surface area contributed by atoms with E-state index in [9.17, 15) is 0 Å². The van der Waals surface area contributed by atoms with Crippen LogP contribution in [0.2, 0.25) is 0 Å². The molecule has 2 aromatic heterocycles. The number of hydrogen-bond acceptors (Lipinski definition) is 4. The van der Waals surface area contributed by atoms with E-state index >= 15 is 0 Å². The molecule has 0 bridgehead atoms. The minimum Gasteiger partial charge on any atom is -0.372 e. The van der Waals surface area contributed by atoms with Gasteiger partial charge in [-0.2, -0.15) is 0 Å². The molecule has 0 saturated carbocycles. The van der Waals surface area contributed by atoms with E-state index < -0.39 is 0 Å². The Morgan fingerprint density at radius 1 is 0.963 bits per heavy atom. The van der Waals surface area contributed by atoms with Crippen LogP contribution in [0, 0.1) is 0 Å². The molecule has 1 atom stereocenters. The highest BCUT2D eigenvalue weighted by Crippen LogP contribution is 2.20. The fraction of sp³-hybridized carbons (Fsp3) is 0.304. The van der Waals surface area contributed by atoms with Gasteiger partial charge in [-0.05, 0) is 48.7 Å². The minimum absolute atomic E-state index is 0.298. The molecule has 138 valence electrons.